The molecule has 0 aliphatic carbocycles. The van der Waals surface area contributed by atoms with Crippen molar-refractivity contribution in [1.29, 1.82) is 0 Å². The lowest BCUT2D eigenvalue weighted by Crippen LogP contribution is -2.32. The first-order chi connectivity index (χ1) is 20.0. The molecule has 4 rings (SSSR count). The lowest BCUT2D eigenvalue weighted by atomic mass is 9.79. The van der Waals surface area contributed by atoms with Gasteiger partial charge in [0.1, 0.15) is 0 Å². The van der Waals surface area contributed by atoms with Crippen LogP contribution in [-0.4, -0.2) is 54.4 Å². The van der Waals surface area contributed by atoms with Gasteiger partial charge in [0.25, 0.3) is 0 Å². The number of hydrogen-bond acceptors (Lipinski definition) is 8. The quantitative estimate of drug-likeness (QED) is 0.276. The summed E-state index contributed by atoms with van der Waals surface area (Å²) < 4.78 is 39.1. The summed E-state index contributed by atoms with van der Waals surface area (Å²) in [6.07, 6.45) is 4.81. The lowest BCUT2D eigenvalue weighted by molar-refractivity contribution is -0.0901. The third kappa shape index (κ3) is 6.89. The normalized spacial score (nSPS) is 19.4. The first kappa shape index (κ1) is 30.1. The Morgan fingerprint density at radius 1 is 0.732 bits per heavy atom. The minimum absolute atomic E-state index is 0.0954. The summed E-state index contributed by atoms with van der Waals surface area (Å²) in [6, 6.07) is 17.2. The molecule has 1 fully saturated rings. The Balaban J connectivity index is 1.59. The molecule has 0 aromatic heterocycles. The van der Waals surface area contributed by atoms with Gasteiger partial charge in [-0.1, -0.05) is 30.4 Å². The fourth-order valence-electron chi connectivity index (χ4n) is 5.43. The van der Waals surface area contributed by atoms with Crippen LogP contribution in [0, 0.1) is 11.8 Å². The molecule has 41 heavy (non-hydrogen) atoms. The average molecular weight is 565 g/mol. The monoisotopic (exact) mass is 564 g/mol. The molecule has 1 saturated heterocycles. The molecule has 0 spiro atoms. The molecule has 1 heterocycles. The predicted molar refractivity (Wildman–Crippen MR) is 158 cm³/mol. The largest absolute Gasteiger partial charge is 0.493 e. The number of aliphatic hydroxyl groups excluding tert-OH is 1. The third-order valence-electron chi connectivity index (χ3n) is 7.61. The second-order valence-electron chi connectivity index (χ2n) is 9.94. The highest BCUT2D eigenvalue weighted by atomic mass is 16.5. The molecule has 8 nitrogen and oxygen atoms in total. The third-order valence-corrected chi connectivity index (χ3v) is 7.61. The zero-order chi connectivity index (χ0) is 29.4. The molecule has 0 saturated carbocycles. The average Bonchev–Trinajstić information content (AvgIpc) is 3.03. The smallest absolute Gasteiger partial charge is 0.161 e. The summed E-state index contributed by atoms with van der Waals surface area (Å²) in [4.78, 5) is 0. The standard InChI is InChI=1S/C33H40O8/c1-35-26-13-10-21(16-29(26)38-4)8-7-9-23-17-25(32(34)22-11-14-27(36-2)30(18-22)39-5)20-41-33(23)24-12-15-28(37-3)31(19-24)40-6/h7-8,10-16,18-19,23,25,32-34H,9,17,20H2,1-6H3/b8-7+/t23-,25-,32+,33-/m1/s1. The highest BCUT2D eigenvalue weighted by Gasteiger charge is 2.36. The number of methoxy groups -OCH3 is 6. The van der Waals surface area contributed by atoms with Gasteiger partial charge in [-0.15, -0.1) is 0 Å². The van der Waals surface area contributed by atoms with Crippen LogP contribution in [0.4, 0.5) is 0 Å². The minimum Gasteiger partial charge on any atom is -0.493 e. The molecule has 4 atom stereocenters. The highest BCUT2D eigenvalue weighted by molar-refractivity contribution is 5.56. The van der Waals surface area contributed by atoms with E-state index < -0.39 is 6.10 Å². The van der Waals surface area contributed by atoms with Crippen molar-refractivity contribution in [3.8, 4) is 34.5 Å². The molecule has 8 heteroatoms. The molecule has 3 aromatic rings. The number of hydrogen-bond donors (Lipinski definition) is 1. The maximum absolute atomic E-state index is 11.4. The summed E-state index contributed by atoms with van der Waals surface area (Å²) in [7, 11) is 9.68. The Kier molecular flexibility index (Phi) is 10.4. The van der Waals surface area contributed by atoms with Crippen molar-refractivity contribution < 1.29 is 38.3 Å². The number of rotatable bonds is 12. The molecule has 1 aliphatic rings. The van der Waals surface area contributed by atoms with Gasteiger partial charge in [-0.05, 0) is 71.8 Å². The second-order valence-corrected chi connectivity index (χ2v) is 9.94. The van der Waals surface area contributed by atoms with Crippen LogP contribution in [0.2, 0.25) is 0 Å². The molecule has 220 valence electrons. The zero-order valence-electron chi connectivity index (χ0n) is 24.6. The fourth-order valence-corrected chi connectivity index (χ4v) is 5.43. The Hall–Kier alpha value is -3.88. The van der Waals surface area contributed by atoms with Crippen molar-refractivity contribution in [3.63, 3.8) is 0 Å². The second kappa shape index (κ2) is 14.1. The van der Waals surface area contributed by atoms with Crippen molar-refractivity contribution in [2.24, 2.45) is 11.8 Å². The van der Waals surface area contributed by atoms with Crippen molar-refractivity contribution in [1.82, 2.24) is 0 Å². The minimum atomic E-state index is -0.724. The van der Waals surface area contributed by atoms with Crippen LogP contribution in [0.5, 0.6) is 34.5 Å². The molecule has 0 radical (unpaired) electrons. The number of benzene rings is 3. The van der Waals surface area contributed by atoms with E-state index in [-0.39, 0.29) is 17.9 Å². The number of ether oxygens (including phenoxy) is 7. The van der Waals surface area contributed by atoms with Gasteiger partial charge in [0, 0.05) is 5.92 Å². The topological polar surface area (TPSA) is 84.8 Å². The summed E-state index contributed by atoms with van der Waals surface area (Å²) in [5, 5.41) is 11.4. The van der Waals surface area contributed by atoms with Crippen LogP contribution in [0.25, 0.3) is 6.08 Å². The van der Waals surface area contributed by atoms with Crippen LogP contribution >= 0.6 is 0 Å². The molecule has 1 N–H and O–H groups in total. The van der Waals surface area contributed by atoms with E-state index in [0.29, 0.717) is 41.1 Å². The highest BCUT2D eigenvalue weighted by Crippen LogP contribution is 2.44. The van der Waals surface area contributed by atoms with Gasteiger partial charge in [0.2, 0.25) is 0 Å². The van der Waals surface area contributed by atoms with E-state index in [9.17, 15) is 5.11 Å². The first-order valence-electron chi connectivity index (χ1n) is 13.6. The maximum Gasteiger partial charge on any atom is 0.161 e. The molecule has 0 unspecified atom stereocenters. The lowest BCUT2D eigenvalue weighted by Gasteiger charge is -2.38. The molecular formula is C33H40O8. The summed E-state index contributed by atoms with van der Waals surface area (Å²) in [5.41, 5.74) is 2.77. The van der Waals surface area contributed by atoms with Gasteiger partial charge in [0.05, 0.1) is 61.5 Å². The maximum atomic E-state index is 11.4. The van der Waals surface area contributed by atoms with Crippen LogP contribution in [0.3, 0.4) is 0 Å². The Morgan fingerprint density at radius 2 is 1.29 bits per heavy atom. The SMILES string of the molecule is COc1ccc(/C=C/C[C@@H]2C[C@@H]([C@@H](O)c3ccc(OC)c(OC)c3)CO[C@H]2c2ccc(OC)c(OC)c2)cc1OC. The van der Waals surface area contributed by atoms with Gasteiger partial charge in [-0.3, -0.25) is 0 Å². The molecular weight excluding hydrogens is 524 g/mol. The van der Waals surface area contributed by atoms with Crippen LogP contribution in [0.1, 0.15) is 41.7 Å². The van der Waals surface area contributed by atoms with E-state index in [1.165, 1.54) is 0 Å². The molecule has 0 amide bonds. The molecule has 1 aliphatic heterocycles. The van der Waals surface area contributed by atoms with Crippen LogP contribution in [-0.2, 0) is 4.74 Å². The zero-order valence-corrected chi connectivity index (χ0v) is 24.6. The van der Waals surface area contributed by atoms with E-state index in [1.54, 1.807) is 42.7 Å². The summed E-state index contributed by atoms with van der Waals surface area (Å²) >= 11 is 0. The van der Waals surface area contributed by atoms with E-state index in [1.807, 2.05) is 54.6 Å². The van der Waals surface area contributed by atoms with E-state index >= 15 is 0 Å². The number of aliphatic hydroxyl groups is 1. The Morgan fingerprint density at radius 3 is 1.93 bits per heavy atom. The van der Waals surface area contributed by atoms with E-state index in [2.05, 4.69) is 12.2 Å². The summed E-state index contributed by atoms with van der Waals surface area (Å²) in [6.45, 7) is 0.407. The van der Waals surface area contributed by atoms with Gasteiger partial charge < -0.3 is 38.3 Å². The summed E-state index contributed by atoms with van der Waals surface area (Å²) in [5.74, 6) is 3.87. The molecule has 0 bridgehead atoms. The number of allylic oxidation sites excluding steroid dienone is 1. The van der Waals surface area contributed by atoms with Crippen molar-refractivity contribution in [2.45, 2.75) is 25.0 Å². The Bertz CT molecular complexity index is 1320. The first-order valence-corrected chi connectivity index (χ1v) is 13.6. The van der Waals surface area contributed by atoms with Gasteiger partial charge in [-0.25, -0.2) is 0 Å². The predicted octanol–water partition coefficient (Wildman–Crippen LogP) is 6.27. The van der Waals surface area contributed by atoms with Crippen molar-refractivity contribution >= 4 is 6.08 Å². The van der Waals surface area contributed by atoms with Crippen molar-refractivity contribution in [3.05, 3.63) is 77.4 Å². The van der Waals surface area contributed by atoms with Crippen molar-refractivity contribution in [2.75, 3.05) is 49.3 Å². The van der Waals surface area contributed by atoms with Gasteiger partial charge >= 0.3 is 0 Å². The van der Waals surface area contributed by atoms with E-state index in [4.69, 9.17) is 33.2 Å². The van der Waals surface area contributed by atoms with Crippen LogP contribution < -0.4 is 28.4 Å². The molecule has 3 aromatic carbocycles. The van der Waals surface area contributed by atoms with Gasteiger partial charge in [0.15, 0.2) is 34.5 Å². The van der Waals surface area contributed by atoms with E-state index in [0.717, 1.165) is 29.5 Å². The van der Waals surface area contributed by atoms with Crippen LogP contribution in [0.15, 0.2) is 60.7 Å². The Labute approximate surface area is 242 Å². The fraction of sp³-hybridized carbons (Fsp3) is 0.394. The van der Waals surface area contributed by atoms with Gasteiger partial charge in [-0.2, -0.15) is 0 Å².